The number of hydrogen-bond acceptors (Lipinski definition) is 16. The van der Waals surface area contributed by atoms with Crippen molar-refractivity contribution in [3.8, 4) is 0 Å². The van der Waals surface area contributed by atoms with Crippen molar-refractivity contribution in [3.63, 3.8) is 0 Å². The van der Waals surface area contributed by atoms with Gasteiger partial charge < -0.3 is 80.9 Å². The van der Waals surface area contributed by atoms with Crippen molar-refractivity contribution >= 4 is 0 Å². The van der Waals surface area contributed by atoms with Gasteiger partial charge in [0.25, 0.3) is 0 Å². The molecule has 4 aliphatic rings. The average Bonchev–Trinajstić information content (AvgIpc) is 3.29. The van der Waals surface area contributed by atoms with Crippen LogP contribution in [0.4, 0.5) is 0 Å². The van der Waals surface area contributed by atoms with E-state index in [1.165, 1.54) is 0 Å². The zero-order chi connectivity index (χ0) is 27.2. The van der Waals surface area contributed by atoms with E-state index in [2.05, 4.69) is 10.6 Å². The van der Waals surface area contributed by atoms with Gasteiger partial charge in [-0.1, -0.05) is 0 Å². The van der Waals surface area contributed by atoms with E-state index in [1.807, 2.05) is 0 Å². The molecule has 216 valence electrons. The van der Waals surface area contributed by atoms with Gasteiger partial charge in [-0.05, 0) is 20.5 Å². The van der Waals surface area contributed by atoms with Crippen molar-refractivity contribution in [1.82, 2.24) is 10.6 Å². The highest BCUT2D eigenvalue weighted by molar-refractivity contribution is 5.05. The van der Waals surface area contributed by atoms with E-state index in [-0.39, 0.29) is 0 Å². The van der Waals surface area contributed by atoms with Crippen LogP contribution in [0.25, 0.3) is 0 Å². The molecule has 0 bridgehead atoms. The summed E-state index contributed by atoms with van der Waals surface area (Å²) >= 11 is 0. The molecule has 0 aromatic heterocycles. The molecule has 3 heterocycles. The van der Waals surface area contributed by atoms with Crippen LogP contribution < -0.4 is 16.4 Å². The number of fused-ring (bicyclic) bond motifs is 1. The molecule has 0 radical (unpaired) electrons. The first-order valence-electron chi connectivity index (χ1n) is 12.3. The lowest BCUT2D eigenvalue weighted by atomic mass is 9.83. The maximum atomic E-state index is 10.9. The maximum Gasteiger partial charge on any atom is 0.314 e. The molecule has 4 fully saturated rings. The number of aliphatic hydroxyl groups excluding tert-OH is 8. The summed E-state index contributed by atoms with van der Waals surface area (Å²) in [7, 11) is 3.29. The number of likely N-dealkylation sites (N-methyl/N-ethyl adjacent to an activating group) is 2. The van der Waals surface area contributed by atoms with Crippen LogP contribution in [0.5, 0.6) is 0 Å². The van der Waals surface area contributed by atoms with Crippen LogP contribution in [0.2, 0.25) is 0 Å². The van der Waals surface area contributed by atoms with Crippen molar-refractivity contribution in [2.75, 3.05) is 27.3 Å². The number of aliphatic hydroxyl groups is 8. The van der Waals surface area contributed by atoms with E-state index in [9.17, 15) is 40.9 Å². The van der Waals surface area contributed by atoms with E-state index in [0.29, 0.717) is 6.42 Å². The van der Waals surface area contributed by atoms with Gasteiger partial charge in [0.1, 0.15) is 48.8 Å². The third-order valence-electron chi connectivity index (χ3n) is 7.74. The summed E-state index contributed by atoms with van der Waals surface area (Å²) < 4.78 is 29.0. The molecule has 1 spiro atoms. The van der Waals surface area contributed by atoms with Gasteiger partial charge in [-0.3, -0.25) is 0 Å². The van der Waals surface area contributed by atoms with Gasteiger partial charge >= 0.3 is 5.97 Å². The molecule has 0 aromatic carbocycles. The second-order valence-electron chi connectivity index (χ2n) is 9.95. The number of rotatable bonds is 7. The molecule has 37 heavy (non-hydrogen) atoms. The summed E-state index contributed by atoms with van der Waals surface area (Å²) in [5.41, 5.74) is 5.81. The van der Waals surface area contributed by atoms with Crippen LogP contribution in [0.1, 0.15) is 6.42 Å². The highest BCUT2D eigenvalue weighted by atomic mass is 16.9. The largest absolute Gasteiger partial charge is 0.395 e. The Hall–Kier alpha value is -0.640. The highest BCUT2D eigenvalue weighted by Crippen LogP contribution is 2.45. The lowest BCUT2D eigenvalue weighted by Gasteiger charge is -2.46. The molecule has 0 aromatic rings. The van der Waals surface area contributed by atoms with Gasteiger partial charge in [-0.25, -0.2) is 0 Å². The summed E-state index contributed by atoms with van der Waals surface area (Å²) in [6, 6.07) is -2.12. The topological polar surface area (TPSA) is 258 Å². The van der Waals surface area contributed by atoms with Crippen molar-refractivity contribution in [1.29, 1.82) is 0 Å². The maximum absolute atomic E-state index is 10.9. The molecule has 1 aliphatic carbocycles. The molecular weight excluding hydrogens is 502 g/mol. The average molecular weight is 542 g/mol. The van der Waals surface area contributed by atoms with Crippen molar-refractivity contribution < 1.29 is 64.5 Å². The first-order chi connectivity index (χ1) is 17.5. The molecule has 3 aliphatic heterocycles. The molecule has 12 N–H and O–H groups in total. The third kappa shape index (κ3) is 5.04. The Balaban J connectivity index is 1.63. The van der Waals surface area contributed by atoms with Crippen LogP contribution in [0.15, 0.2) is 0 Å². The van der Waals surface area contributed by atoms with E-state index < -0.39 is 111 Å². The molecule has 3 saturated heterocycles. The zero-order valence-electron chi connectivity index (χ0n) is 20.5. The number of nitrogens with two attached hydrogens (primary N) is 1. The van der Waals surface area contributed by atoms with E-state index in [1.54, 1.807) is 14.1 Å². The Morgan fingerprint density at radius 3 is 2.00 bits per heavy atom. The summed E-state index contributed by atoms with van der Waals surface area (Å²) in [4.78, 5) is 0. The molecule has 16 heteroatoms. The molecule has 1 saturated carbocycles. The van der Waals surface area contributed by atoms with Crippen LogP contribution in [0, 0.1) is 0 Å². The van der Waals surface area contributed by atoms with Gasteiger partial charge in [-0.2, -0.15) is 0 Å². The van der Waals surface area contributed by atoms with Gasteiger partial charge in [0, 0.05) is 12.1 Å². The smallest absolute Gasteiger partial charge is 0.314 e. The molecule has 2 unspecified atom stereocenters. The number of hydrogen-bond donors (Lipinski definition) is 11. The Labute approximate surface area is 212 Å². The summed E-state index contributed by atoms with van der Waals surface area (Å²) in [5, 5.41) is 89.3. The second-order valence-corrected chi connectivity index (χ2v) is 9.95. The number of ether oxygens (including phenoxy) is 5. The molecule has 16 nitrogen and oxygen atoms in total. The standard InChI is InChI=1S/C21H39N3O13/c1-23-7-3-8(24-2)11(28)16(10(7)27)34-20-18-17(12(29)9(5-26)33-20)36-21(37-18)19(32)14(31)13(30)15(35-21)6(22)4-25/h6-20,23-32H,3-5,22H2,1-2H3/t6?,7-,8+,9-,10+,11-,12+,13-,14-,15-,16?,17+,18+,19-,20+,21-/m1/s1. The quantitative estimate of drug-likeness (QED) is 0.143. The molecule has 16 atom stereocenters. The van der Waals surface area contributed by atoms with E-state index >= 15 is 0 Å². The fourth-order valence-corrected chi connectivity index (χ4v) is 5.48. The Morgan fingerprint density at radius 1 is 0.865 bits per heavy atom. The first-order valence-corrected chi connectivity index (χ1v) is 12.3. The number of nitrogens with one attached hydrogen (secondary N) is 2. The zero-order valence-corrected chi connectivity index (χ0v) is 20.5. The molecular formula is C21H39N3O13. The van der Waals surface area contributed by atoms with Crippen LogP contribution in [-0.4, -0.2) is 166 Å². The van der Waals surface area contributed by atoms with Crippen molar-refractivity contribution in [3.05, 3.63) is 0 Å². The van der Waals surface area contributed by atoms with Crippen LogP contribution >= 0.6 is 0 Å². The Kier molecular flexibility index (Phi) is 9.09. The minimum Gasteiger partial charge on any atom is -0.395 e. The Bertz CT molecular complexity index is 755. The predicted octanol–water partition coefficient (Wildman–Crippen LogP) is -7.01. The Morgan fingerprint density at radius 2 is 1.46 bits per heavy atom. The van der Waals surface area contributed by atoms with E-state index in [0.717, 1.165) is 0 Å². The fraction of sp³-hybridized carbons (Fsp3) is 1.00. The fourth-order valence-electron chi connectivity index (χ4n) is 5.48. The lowest BCUT2D eigenvalue weighted by molar-refractivity contribution is -0.439. The van der Waals surface area contributed by atoms with E-state index in [4.69, 9.17) is 29.4 Å². The predicted molar refractivity (Wildman–Crippen MR) is 119 cm³/mol. The van der Waals surface area contributed by atoms with Crippen molar-refractivity contribution in [2.45, 2.75) is 104 Å². The van der Waals surface area contributed by atoms with Crippen molar-refractivity contribution in [2.24, 2.45) is 5.73 Å². The second kappa shape index (κ2) is 11.5. The monoisotopic (exact) mass is 541 g/mol. The summed E-state index contributed by atoms with van der Waals surface area (Å²) in [5.74, 6) is -2.47. The van der Waals surface area contributed by atoms with Gasteiger partial charge in [0.15, 0.2) is 12.4 Å². The third-order valence-corrected chi connectivity index (χ3v) is 7.74. The minimum atomic E-state index is -2.47. The summed E-state index contributed by atoms with van der Waals surface area (Å²) in [6.07, 6.45) is -17.2. The van der Waals surface area contributed by atoms with Gasteiger partial charge in [-0.15, -0.1) is 0 Å². The molecule has 4 rings (SSSR count). The lowest BCUT2D eigenvalue weighted by Crippen LogP contribution is -2.69. The minimum absolute atomic E-state index is 0.389. The van der Waals surface area contributed by atoms with Gasteiger partial charge in [0.05, 0.1) is 31.5 Å². The SMILES string of the molecule is CN[C@H]1C[C@@H](NC)[C@H](O)C(O[C@@H]2O[C@H](CO)[C@H](O)[C@@H]3O[C@]4(O[C@H]23)O[C@H](C(N)CO)[C@H](O)[C@@H](O)[C@H]4O)[C@@H]1O. The first kappa shape index (κ1) is 29.3. The summed E-state index contributed by atoms with van der Waals surface area (Å²) in [6.45, 7) is -1.31. The highest BCUT2D eigenvalue weighted by Gasteiger charge is 2.67. The van der Waals surface area contributed by atoms with Crippen LogP contribution in [-0.2, 0) is 23.7 Å². The van der Waals surface area contributed by atoms with Gasteiger partial charge in [0.2, 0.25) is 0 Å². The van der Waals surface area contributed by atoms with Crippen LogP contribution in [0.3, 0.4) is 0 Å². The normalized spacial score (nSPS) is 53.3. The molecule has 0 amide bonds.